The van der Waals surface area contributed by atoms with Crippen LogP contribution in [-0.4, -0.2) is 34.6 Å². The van der Waals surface area contributed by atoms with Gasteiger partial charge in [-0.1, -0.05) is 6.92 Å². The molecule has 0 saturated carbocycles. The van der Waals surface area contributed by atoms with E-state index in [-0.39, 0.29) is 5.56 Å². The summed E-state index contributed by atoms with van der Waals surface area (Å²) < 4.78 is 0. The Balaban J connectivity index is 1.86. The van der Waals surface area contributed by atoms with Gasteiger partial charge in [0, 0.05) is 37.2 Å². The smallest absolute Gasteiger partial charge is 0.252 e. The highest BCUT2D eigenvalue weighted by molar-refractivity contribution is 5.39. The highest BCUT2D eigenvalue weighted by Gasteiger charge is 2.36. The summed E-state index contributed by atoms with van der Waals surface area (Å²) in [7, 11) is 0. The zero-order valence-electron chi connectivity index (χ0n) is 12.4. The fraction of sp³-hybridized carbons (Fsp3) is 0.733. The molecule has 2 N–H and O–H groups in total. The van der Waals surface area contributed by atoms with Gasteiger partial charge in [-0.15, -0.1) is 0 Å². The van der Waals surface area contributed by atoms with Crippen LogP contribution < -0.4 is 15.8 Å². The van der Waals surface area contributed by atoms with Crippen molar-refractivity contribution in [2.75, 3.05) is 11.4 Å². The molecule has 20 heavy (non-hydrogen) atoms. The van der Waals surface area contributed by atoms with Crippen LogP contribution in [0.15, 0.2) is 10.9 Å². The summed E-state index contributed by atoms with van der Waals surface area (Å²) in [5, 5.41) is 3.67. The molecule has 2 bridgehead atoms. The molecule has 0 spiro atoms. The van der Waals surface area contributed by atoms with E-state index in [2.05, 4.69) is 27.1 Å². The topological polar surface area (TPSA) is 61.0 Å². The minimum absolute atomic E-state index is 0.0396. The number of H-pyrrole nitrogens is 1. The first-order valence-electron chi connectivity index (χ1n) is 7.82. The highest BCUT2D eigenvalue weighted by Crippen LogP contribution is 2.31. The molecule has 2 aliphatic rings. The van der Waals surface area contributed by atoms with Crippen molar-refractivity contribution in [3.05, 3.63) is 22.2 Å². The average Bonchev–Trinajstić information content (AvgIpc) is 2.78. The predicted molar refractivity (Wildman–Crippen MR) is 80.2 cm³/mol. The normalized spacial score (nSPS) is 28.6. The molecule has 2 atom stereocenters. The monoisotopic (exact) mass is 276 g/mol. The summed E-state index contributed by atoms with van der Waals surface area (Å²) in [6.07, 6.45) is 5.68. The van der Waals surface area contributed by atoms with Crippen LogP contribution in [0.5, 0.6) is 0 Å². The SMILES string of the molecule is CCc1nc(N(CC)C2CC3CCC(C2)N3)cc(=O)[nH]1. The molecule has 0 amide bonds. The van der Waals surface area contributed by atoms with Crippen molar-refractivity contribution < 1.29 is 0 Å². The van der Waals surface area contributed by atoms with Gasteiger partial charge in [-0.25, -0.2) is 4.98 Å². The maximum atomic E-state index is 11.8. The summed E-state index contributed by atoms with van der Waals surface area (Å²) in [5.74, 6) is 1.63. The van der Waals surface area contributed by atoms with Crippen LogP contribution in [0.25, 0.3) is 0 Å². The largest absolute Gasteiger partial charge is 0.354 e. The third-order valence-electron chi connectivity index (χ3n) is 4.64. The Morgan fingerprint density at radius 3 is 2.60 bits per heavy atom. The van der Waals surface area contributed by atoms with Gasteiger partial charge in [0.2, 0.25) is 0 Å². The molecule has 1 aromatic rings. The van der Waals surface area contributed by atoms with Crippen LogP contribution >= 0.6 is 0 Å². The van der Waals surface area contributed by atoms with Crippen LogP contribution in [-0.2, 0) is 6.42 Å². The first-order chi connectivity index (χ1) is 9.69. The number of hydrogen-bond donors (Lipinski definition) is 2. The Morgan fingerprint density at radius 1 is 1.30 bits per heavy atom. The van der Waals surface area contributed by atoms with E-state index in [4.69, 9.17) is 0 Å². The third kappa shape index (κ3) is 2.59. The van der Waals surface area contributed by atoms with Crippen molar-refractivity contribution in [3.8, 4) is 0 Å². The Kier molecular flexibility index (Phi) is 3.78. The molecule has 2 aliphatic heterocycles. The van der Waals surface area contributed by atoms with Gasteiger partial charge in [-0.3, -0.25) is 4.79 Å². The lowest BCUT2D eigenvalue weighted by molar-refractivity contribution is 0.347. The number of anilines is 1. The first kappa shape index (κ1) is 13.6. The molecule has 0 radical (unpaired) electrons. The van der Waals surface area contributed by atoms with E-state index >= 15 is 0 Å². The molecule has 2 fully saturated rings. The van der Waals surface area contributed by atoms with Crippen molar-refractivity contribution in [2.24, 2.45) is 0 Å². The number of aromatic nitrogens is 2. The molecule has 3 heterocycles. The molecular weight excluding hydrogens is 252 g/mol. The fourth-order valence-electron chi connectivity index (χ4n) is 3.70. The molecule has 2 saturated heterocycles. The van der Waals surface area contributed by atoms with Crippen LogP contribution in [0, 0.1) is 0 Å². The standard InChI is InChI=1S/C15H24N4O/c1-3-13-17-14(9-15(20)18-13)19(4-2)12-7-10-5-6-11(8-12)16-10/h9-12,16H,3-8H2,1-2H3,(H,17,18,20). The summed E-state index contributed by atoms with van der Waals surface area (Å²) >= 11 is 0. The zero-order valence-corrected chi connectivity index (χ0v) is 12.4. The fourth-order valence-corrected chi connectivity index (χ4v) is 3.70. The van der Waals surface area contributed by atoms with Gasteiger partial charge in [-0.05, 0) is 32.6 Å². The van der Waals surface area contributed by atoms with E-state index in [1.165, 1.54) is 25.7 Å². The van der Waals surface area contributed by atoms with E-state index in [0.717, 1.165) is 24.6 Å². The van der Waals surface area contributed by atoms with Crippen LogP contribution in [0.4, 0.5) is 5.82 Å². The number of nitrogens with zero attached hydrogens (tertiary/aromatic N) is 2. The predicted octanol–water partition coefficient (Wildman–Crippen LogP) is 1.44. The number of nitrogens with one attached hydrogen (secondary N) is 2. The van der Waals surface area contributed by atoms with Gasteiger partial charge in [-0.2, -0.15) is 0 Å². The number of fused-ring (bicyclic) bond motifs is 2. The van der Waals surface area contributed by atoms with E-state index in [1.807, 2.05) is 6.92 Å². The van der Waals surface area contributed by atoms with Crippen molar-refractivity contribution in [1.29, 1.82) is 0 Å². The lowest BCUT2D eigenvalue weighted by Crippen LogP contribution is -2.48. The average molecular weight is 276 g/mol. The van der Waals surface area contributed by atoms with Gasteiger partial charge in [0.05, 0.1) is 0 Å². The molecule has 110 valence electrons. The first-order valence-corrected chi connectivity index (χ1v) is 7.82. The molecular formula is C15H24N4O. The Hall–Kier alpha value is -1.36. The molecule has 0 aliphatic carbocycles. The van der Waals surface area contributed by atoms with E-state index in [1.54, 1.807) is 6.07 Å². The van der Waals surface area contributed by atoms with Crippen molar-refractivity contribution in [1.82, 2.24) is 15.3 Å². The van der Waals surface area contributed by atoms with Crippen LogP contribution in [0.2, 0.25) is 0 Å². The van der Waals surface area contributed by atoms with Gasteiger partial charge < -0.3 is 15.2 Å². The van der Waals surface area contributed by atoms with Crippen molar-refractivity contribution >= 4 is 5.82 Å². The molecule has 1 aromatic heterocycles. The maximum Gasteiger partial charge on any atom is 0.252 e. The Morgan fingerprint density at radius 2 is 2.00 bits per heavy atom. The number of rotatable bonds is 4. The van der Waals surface area contributed by atoms with Crippen molar-refractivity contribution in [2.45, 2.75) is 64.1 Å². The Labute approximate surface area is 119 Å². The second-order valence-corrected chi connectivity index (χ2v) is 5.95. The summed E-state index contributed by atoms with van der Waals surface area (Å²) in [4.78, 5) is 21.5. The number of piperidine rings is 1. The number of hydrogen-bond acceptors (Lipinski definition) is 4. The second kappa shape index (κ2) is 5.56. The minimum Gasteiger partial charge on any atom is -0.354 e. The van der Waals surface area contributed by atoms with Gasteiger partial charge >= 0.3 is 0 Å². The lowest BCUT2D eigenvalue weighted by atomic mass is 9.98. The summed E-state index contributed by atoms with van der Waals surface area (Å²) in [6, 6.07) is 3.46. The minimum atomic E-state index is -0.0396. The van der Waals surface area contributed by atoms with Crippen LogP contribution in [0.3, 0.4) is 0 Å². The van der Waals surface area contributed by atoms with E-state index in [9.17, 15) is 4.79 Å². The maximum absolute atomic E-state index is 11.8. The summed E-state index contributed by atoms with van der Waals surface area (Å²) in [6.45, 7) is 5.07. The van der Waals surface area contributed by atoms with Gasteiger partial charge in [0.1, 0.15) is 11.6 Å². The quantitative estimate of drug-likeness (QED) is 0.873. The number of aromatic amines is 1. The Bertz CT molecular complexity index is 515. The highest BCUT2D eigenvalue weighted by atomic mass is 16.1. The van der Waals surface area contributed by atoms with Gasteiger partial charge in [0.15, 0.2) is 0 Å². The van der Waals surface area contributed by atoms with Gasteiger partial charge in [0.25, 0.3) is 5.56 Å². The lowest BCUT2D eigenvalue weighted by Gasteiger charge is -2.38. The van der Waals surface area contributed by atoms with Crippen LogP contribution in [0.1, 0.15) is 45.4 Å². The molecule has 2 unspecified atom stereocenters. The molecule has 3 rings (SSSR count). The zero-order chi connectivity index (χ0) is 14.1. The number of aryl methyl sites for hydroxylation is 1. The van der Waals surface area contributed by atoms with E-state index < -0.39 is 0 Å². The second-order valence-electron chi connectivity index (χ2n) is 5.95. The van der Waals surface area contributed by atoms with E-state index in [0.29, 0.717) is 18.1 Å². The molecule has 0 aromatic carbocycles. The third-order valence-corrected chi connectivity index (χ3v) is 4.64. The summed E-state index contributed by atoms with van der Waals surface area (Å²) in [5.41, 5.74) is -0.0396. The molecule has 5 heteroatoms. The van der Waals surface area contributed by atoms with Crippen molar-refractivity contribution in [3.63, 3.8) is 0 Å². The molecule has 5 nitrogen and oxygen atoms in total.